The zero-order valence-corrected chi connectivity index (χ0v) is 66.9. The number of para-hydroxylation sites is 2. The van der Waals surface area contributed by atoms with E-state index < -0.39 is 249 Å². The van der Waals surface area contributed by atoms with Crippen molar-refractivity contribution < 1.29 is 111 Å². The van der Waals surface area contributed by atoms with Gasteiger partial charge in [0.25, 0.3) is 0 Å². The monoisotopic (exact) mass is 1630 g/mol. The molecule has 2 heterocycles. The van der Waals surface area contributed by atoms with E-state index in [9.17, 15) is 102 Å². The standard InChI is InChI=1S/C77H114N16O23/c1-10-12-13-14-15-16-17-28-61(98)88-55(31-47-36-81-52-26-21-19-23-48(47)52)73(110)91-54(35-60(79)97)59(96)32-46(33-65(103)104)70(107)93-67-45(9)116-76(113)56(34-58(95)49-24-18-20-25-50(49)78)92-75(112)66(41(5)30-64(101)102)84-42(6)57(39-94)89-63(100)37-82-71(108)51(11-2)90-69(106)44(8)85-68(105)43(7)86-72(109)53(87-62(99)38-83-74(67)111)27-22-29-80-77(114)115-40(3)4/h18-21,23-26,36,40-46,51,53-57,66-67,81,84,94H,10-17,22,27-35,37-39,78H2,1-9H3,(H2,79,97)(H,80,114)(H,82,108)(H,83,111)(H,85,105)(H,86,109)(H,87,99)(H,88,98)(H,89,100)(H,90,106)(H,91,110)(H,92,112)(H,93,107)(H,101,102)(H,103,104)/t41-,42?,43-,44+,45+,46-,51-,53-,54+,55-,56-,57+,66-,67-/m0/s1. The van der Waals surface area contributed by atoms with E-state index in [1.54, 1.807) is 44.3 Å². The van der Waals surface area contributed by atoms with Gasteiger partial charge in [0, 0.05) is 73.0 Å². The summed E-state index contributed by atoms with van der Waals surface area (Å²) in [5.74, 6) is -22.9. The number of fused-ring (bicyclic) bond motifs is 1. The summed E-state index contributed by atoms with van der Waals surface area (Å²) in [5, 5.41) is 63.5. The predicted molar refractivity (Wildman–Crippen MR) is 418 cm³/mol. The topological polar surface area (TPSA) is 611 Å². The van der Waals surface area contributed by atoms with Crippen molar-refractivity contribution in [2.75, 3.05) is 32.0 Å². The van der Waals surface area contributed by atoms with Crippen molar-refractivity contribution in [3.8, 4) is 0 Å². The number of carbonyl (C=O) groups excluding carboxylic acids is 16. The molecule has 1 unspecified atom stereocenters. The number of anilines is 1. The predicted octanol–water partition coefficient (Wildman–Crippen LogP) is -1.01. The van der Waals surface area contributed by atoms with Gasteiger partial charge in [0.15, 0.2) is 11.6 Å². The number of nitrogen functional groups attached to an aromatic ring is 1. The maximum absolute atomic E-state index is 15.0. The normalized spacial score (nSPS) is 21.9. The van der Waals surface area contributed by atoms with E-state index in [2.05, 4.69) is 81.0 Å². The Bertz CT molecular complexity index is 3950. The number of nitrogens with two attached hydrogens (primary N) is 2. The second-order valence-electron chi connectivity index (χ2n) is 29.0. The van der Waals surface area contributed by atoms with Gasteiger partial charge in [-0.2, -0.15) is 0 Å². The lowest BCUT2D eigenvalue weighted by molar-refractivity contribution is -0.156. The van der Waals surface area contributed by atoms with Gasteiger partial charge in [-0.1, -0.05) is 89.6 Å². The molecule has 21 N–H and O–H groups in total. The molecule has 0 aliphatic carbocycles. The van der Waals surface area contributed by atoms with Gasteiger partial charge in [-0.25, -0.2) is 9.59 Å². The number of aliphatic hydroxyl groups excluding tert-OH is 1. The van der Waals surface area contributed by atoms with Gasteiger partial charge in [-0.3, -0.25) is 76.7 Å². The number of nitrogens with one attached hydrogen (secondary N) is 14. The van der Waals surface area contributed by atoms with Crippen molar-refractivity contribution in [1.82, 2.24) is 74.1 Å². The number of ether oxygens (including phenoxy) is 2. The average molecular weight is 1630 g/mol. The minimum absolute atomic E-state index is 0.0187. The lowest BCUT2D eigenvalue weighted by Gasteiger charge is -2.32. The zero-order chi connectivity index (χ0) is 86.5. The number of carboxylic acid groups (broad SMARTS) is 2. The minimum atomic E-state index is -2.32. The molecule has 1 aliphatic heterocycles. The second kappa shape index (κ2) is 49.2. The molecular weight excluding hydrogens is 1520 g/mol. The molecule has 1 saturated heterocycles. The number of aromatic amines is 1. The van der Waals surface area contributed by atoms with E-state index in [0.29, 0.717) is 22.9 Å². The fourth-order valence-electron chi connectivity index (χ4n) is 12.5. The van der Waals surface area contributed by atoms with Crippen LogP contribution in [0, 0.1) is 11.8 Å². The van der Waals surface area contributed by atoms with Crippen LogP contribution in [0.3, 0.4) is 0 Å². The summed E-state index contributed by atoms with van der Waals surface area (Å²) in [6.45, 7) is 9.95. The molecule has 14 atom stereocenters. The third-order valence-corrected chi connectivity index (χ3v) is 19.0. The van der Waals surface area contributed by atoms with Gasteiger partial charge in [-0.05, 0) is 96.9 Å². The third kappa shape index (κ3) is 33.4. The highest BCUT2D eigenvalue weighted by Gasteiger charge is 2.41. The molecule has 2 aromatic carbocycles. The summed E-state index contributed by atoms with van der Waals surface area (Å²) in [7, 11) is 0. The number of aliphatic carboxylic acids is 2. The quantitative estimate of drug-likeness (QED) is 0.0145. The fraction of sp³-hybridized carbons (Fsp3) is 0.584. The van der Waals surface area contributed by atoms with Crippen LogP contribution in [0.1, 0.15) is 181 Å². The van der Waals surface area contributed by atoms with Gasteiger partial charge in [0.1, 0.15) is 48.4 Å². The van der Waals surface area contributed by atoms with E-state index in [1.807, 2.05) is 0 Å². The number of aliphatic hydroxyl groups is 1. The fourth-order valence-corrected chi connectivity index (χ4v) is 12.5. The van der Waals surface area contributed by atoms with Crippen LogP contribution in [-0.4, -0.2) is 232 Å². The SMILES string of the molecule is CCCCCCCCCC(=O)N[C@@H](Cc1c[nH]c2ccccc12)C(=O)N[C@H](CC(N)=O)C(=O)C[C@@H](CC(=O)O)C(=O)N[C@@H]1C(=O)NCC(=O)N[C@@H](CCCNC(=O)OC(C)C)C(=O)N[C@@H](C)C(=O)N[C@H](C)C(=O)N[C@@H](CC)C(=O)NCC(=O)N[C@H](CO)C(C)N[C@@H]([C@@H](C)CC(=O)O)C(=O)N[C@@H](CC(=O)c2ccccc2N)C(=O)O[C@@H]1C. The first-order chi connectivity index (χ1) is 54.9. The van der Waals surface area contributed by atoms with Crippen molar-refractivity contribution in [2.24, 2.45) is 17.6 Å². The van der Waals surface area contributed by atoms with Crippen LogP contribution in [-0.2, 0) is 92.6 Å². The number of hydrogen-bond acceptors (Lipinski definition) is 23. The maximum Gasteiger partial charge on any atom is 0.407 e. The number of Topliss-reactive ketones (excluding diaryl/α,β-unsaturated/α-hetero) is 2. The maximum atomic E-state index is 15.0. The van der Waals surface area contributed by atoms with E-state index in [0.717, 1.165) is 45.4 Å². The largest absolute Gasteiger partial charge is 0.481 e. The van der Waals surface area contributed by atoms with E-state index in [-0.39, 0.29) is 49.9 Å². The number of hydrogen-bond donors (Lipinski definition) is 19. The molecule has 4 rings (SSSR count). The number of H-pyrrole nitrogens is 1. The Labute approximate surface area is 671 Å². The van der Waals surface area contributed by atoms with E-state index >= 15 is 0 Å². The highest BCUT2D eigenvalue weighted by molar-refractivity contribution is 6.04. The van der Waals surface area contributed by atoms with E-state index in [4.69, 9.17) is 20.9 Å². The smallest absolute Gasteiger partial charge is 0.407 e. The number of alkyl carbamates (subject to hydrolysis) is 1. The first-order valence-electron chi connectivity index (χ1n) is 38.8. The molecule has 1 fully saturated rings. The molecule has 13 amide bonds. The number of esters is 1. The molecule has 0 radical (unpaired) electrons. The van der Waals surface area contributed by atoms with Gasteiger partial charge >= 0.3 is 24.0 Å². The summed E-state index contributed by atoms with van der Waals surface area (Å²) >= 11 is 0. The minimum Gasteiger partial charge on any atom is -0.481 e. The van der Waals surface area contributed by atoms with Crippen molar-refractivity contribution in [2.45, 2.75) is 250 Å². The number of primary amides is 1. The molecule has 1 aromatic heterocycles. The first kappa shape index (κ1) is 96.7. The molecule has 0 bridgehead atoms. The van der Waals surface area contributed by atoms with E-state index in [1.165, 1.54) is 58.9 Å². The molecular formula is C77H114N16O23. The molecule has 0 saturated carbocycles. The number of ketones is 2. The van der Waals surface area contributed by atoms with Crippen LogP contribution in [0.25, 0.3) is 10.9 Å². The molecule has 39 nitrogen and oxygen atoms in total. The Morgan fingerprint density at radius 1 is 0.629 bits per heavy atom. The average Bonchev–Trinajstić information content (AvgIpc) is 1.57. The molecule has 116 heavy (non-hydrogen) atoms. The number of amides is 13. The summed E-state index contributed by atoms with van der Waals surface area (Å²) in [5.41, 5.74) is 12.8. The summed E-state index contributed by atoms with van der Waals surface area (Å²) in [6.07, 6.45) is -1.36. The third-order valence-electron chi connectivity index (χ3n) is 19.0. The van der Waals surface area contributed by atoms with Crippen LogP contribution < -0.4 is 80.6 Å². The zero-order valence-electron chi connectivity index (χ0n) is 66.9. The van der Waals surface area contributed by atoms with Gasteiger partial charge in [-0.15, -0.1) is 0 Å². The number of unbranched alkanes of at least 4 members (excludes halogenated alkanes) is 6. The Morgan fingerprint density at radius 3 is 1.86 bits per heavy atom. The summed E-state index contributed by atoms with van der Waals surface area (Å²) in [4.78, 5) is 252. The van der Waals surface area contributed by atoms with Gasteiger partial charge in [0.05, 0.1) is 62.7 Å². The van der Waals surface area contributed by atoms with Crippen molar-refractivity contribution >= 4 is 123 Å². The van der Waals surface area contributed by atoms with Crippen molar-refractivity contribution in [1.29, 1.82) is 0 Å². The second-order valence-corrected chi connectivity index (χ2v) is 29.0. The molecule has 3 aromatic rings. The number of benzene rings is 2. The Morgan fingerprint density at radius 2 is 1.23 bits per heavy atom. The van der Waals surface area contributed by atoms with Crippen LogP contribution in [0.5, 0.6) is 0 Å². The lowest BCUT2D eigenvalue weighted by Crippen LogP contribution is -2.61. The number of carbonyl (C=O) groups is 18. The molecule has 1 aliphatic rings. The first-order valence-corrected chi connectivity index (χ1v) is 38.8. The van der Waals surface area contributed by atoms with Crippen LogP contribution in [0.2, 0.25) is 0 Å². The number of cyclic esters (lactones) is 1. The Balaban J connectivity index is 1.87. The molecule has 39 heteroatoms. The number of carboxylic acids is 2. The van der Waals surface area contributed by atoms with Crippen LogP contribution in [0.15, 0.2) is 54.7 Å². The Hall–Kier alpha value is -11.6. The highest BCUT2D eigenvalue weighted by atomic mass is 16.6. The lowest BCUT2D eigenvalue weighted by atomic mass is 9.92. The number of aromatic nitrogens is 1. The molecule has 640 valence electrons. The highest BCUT2D eigenvalue weighted by Crippen LogP contribution is 2.23. The Kier molecular flexibility index (Phi) is 41.0. The number of rotatable bonds is 35. The van der Waals surface area contributed by atoms with Crippen LogP contribution >= 0.6 is 0 Å². The van der Waals surface area contributed by atoms with Gasteiger partial charge < -0.3 is 110 Å². The van der Waals surface area contributed by atoms with Crippen LogP contribution in [0.4, 0.5) is 10.5 Å². The summed E-state index contributed by atoms with van der Waals surface area (Å²) in [6, 6.07) is -5.32. The van der Waals surface area contributed by atoms with Crippen molar-refractivity contribution in [3.63, 3.8) is 0 Å². The van der Waals surface area contributed by atoms with Crippen molar-refractivity contribution in [3.05, 3.63) is 65.9 Å². The molecule has 0 spiro atoms. The van der Waals surface area contributed by atoms with Gasteiger partial charge in [0.2, 0.25) is 70.9 Å². The summed E-state index contributed by atoms with van der Waals surface area (Å²) < 4.78 is 10.9.